The van der Waals surface area contributed by atoms with Gasteiger partial charge in [-0.3, -0.25) is 0 Å². The van der Waals surface area contributed by atoms with Crippen molar-refractivity contribution >= 4 is 0 Å². The Morgan fingerprint density at radius 2 is 0.767 bits per heavy atom. The maximum absolute atomic E-state index is 10.9. The topological polar surface area (TPSA) is 247 Å². The minimum absolute atomic E-state index is 0. The van der Waals surface area contributed by atoms with E-state index in [1.165, 1.54) is 0 Å². The summed E-state index contributed by atoms with van der Waals surface area (Å²) in [6.45, 7) is 8.18. The molecule has 3 heterocycles. The molecule has 16 heteroatoms. The Labute approximate surface area is 251 Å². The van der Waals surface area contributed by atoms with E-state index in [9.17, 15) is 46.0 Å². The van der Waals surface area contributed by atoms with Crippen molar-refractivity contribution in [1.82, 2.24) is 0 Å². The molecular weight excluding hydrogens is 580 g/mol. The molecule has 9 N–H and O–H groups in total. The number of hydrogen-bond acceptors (Lipinski definition) is 16. The molecule has 3 fully saturated rings. The summed E-state index contributed by atoms with van der Waals surface area (Å²) in [5.41, 5.74) is -1.52. The molecule has 0 aromatic carbocycles. The molecule has 3 aliphatic heterocycles. The van der Waals surface area contributed by atoms with E-state index in [1.54, 1.807) is 41.5 Å². The van der Waals surface area contributed by atoms with Crippen molar-refractivity contribution in [3.63, 3.8) is 0 Å². The van der Waals surface area contributed by atoms with Crippen LogP contribution in [0.25, 0.3) is 0 Å². The summed E-state index contributed by atoms with van der Waals surface area (Å²) in [5, 5.41) is 94.2. The minimum Gasteiger partial charge on any atom is -0.394 e. The summed E-state index contributed by atoms with van der Waals surface area (Å²) in [6, 6.07) is 0. The Morgan fingerprint density at radius 3 is 1.12 bits per heavy atom. The van der Waals surface area contributed by atoms with Crippen LogP contribution in [0.5, 0.6) is 0 Å². The third kappa shape index (κ3) is 9.22. The zero-order chi connectivity index (χ0) is 31.7. The Kier molecular flexibility index (Phi) is 13.7. The van der Waals surface area contributed by atoms with E-state index in [0.29, 0.717) is 0 Å². The molecule has 15 atom stereocenters. The molecule has 0 spiro atoms. The van der Waals surface area contributed by atoms with E-state index in [1.807, 2.05) is 0 Å². The van der Waals surface area contributed by atoms with Crippen LogP contribution in [-0.2, 0) is 33.2 Å². The van der Waals surface area contributed by atoms with Gasteiger partial charge in [-0.05, 0) is 41.5 Å². The average Bonchev–Trinajstić information content (AvgIpc) is 2.90. The van der Waals surface area contributed by atoms with Crippen LogP contribution in [0.4, 0.5) is 0 Å². The average molecular weight is 633 g/mol. The molecule has 0 aromatic rings. The number of aliphatic hydroxyl groups is 9. The van der Waals surface area contributed by atoms with Gasteiger partial charge in [0.2, 0.25) is 0 Å². The van der Waals surface area contributed by atoms with E-state index in [-0.39, 0.29) is 7.43 Å². The van der Waals surface area contributed by atoms with Crippen LogP contribution in [0.15, 0.2) is 0 Å². The summed E-state index contributed by atoms with van der Waals surface area (Å²) in [7, 11) is 0. The van der Waals surface area contributed by atoms with Gasteiger partial charge in [0.15, 0.2) is 18.9 Å². The maximum Gasteiger partial charge on any atom is 0.187 e. The molecule has 3 saturated heterocycles. The predicted molar refractivity (Wildman–Crippen MR) is 145 cm³/mol. The minimum atomic E-state index is -1.87. The molecule has 0 bridgehead atoms. The fourth-order valence-corrected chi connectivity index (χ4v) is 5.03. The molecule has 3 rings (SSSR count). The van der Waals surface area contributed by atoms with Crippen molar-refractivity contribution in [2.75, 3.05) is 19.8 Å². The molecule has 256 valence electrons. The van der Waals surface area contributed by atoms with Crippen molar-refractivity contribution in [3.8, 4) is 0 Å². The maximum atomic E-state index is 10.9. The number of aliphatic hydroxyl groups excluding tert-OH is 9. The van der Waals surface area contributed by atoms with Crippen LogP contribution < -0.4 is 0 Å². The Hall–Kier alpha value is -0.640. The van der Waals surface area contributed by atoms with Crippen molar-refractivity contribution < 1.29 is 79.1 Å². The van der Waals surface area contributed by atoms with Gasteiger partial charge in [0.05, 0.1) is 31.0 Å². The third-order valence-electron chi connectivity index (χ3n) is 7.00. The van der Waals surface area contributed by atoms with Crippen molar-refractivity contribution in [2.45, 2.75) is 152 Å². The van der Waals surface area contributed by atoms with Gasteiger partial charge in [0, 0.05) is 0 Å². The van der Waals surface area contributed by atoms with Gasteiger partial charge in [-0.15, -0.1) is 0 Å². The van der Waals surface area contributed by atoms with Crippen LogP contribution in [0.2, 0.25) is 0 Å². The number of hydrogen-bond donors (Lipinski definition) is 9. The molecule has 0 amide bonds. The first-order chi connectivity index (χ1) is 19.4. The highest BCUT2D eigenvalue weighted by atomic mass is 16.8. The molecule has 0 aromatic heterocycles. The lowest BCUT2D eigenvalue weighted by Gasteiger charge is -2.49. The Balaban J connectivity index is 0.00000645. The molecule has 0 aliphatic carbocycles. The van der Waals surface area contributed by atoms with Gasteiger partial charge >= 0.3 is 0 Å². The second kappa shape index (κ2) is 15.3. The molecule has 16 nitrogen and oxygen atoms in total. The molecular formula is C27H52O16. The summed E-state index contributed by atoms with van der Waals surface area (Å²) < 4.78 is 39.5. The first-order valence-electron chi connectivity index (χ1n) is 14.0. The SMILES string of the molecule is C.CC(C)(C)OC1OC(CO)C(OC2OC(CO)C(OC3OC(CO)C(OC(C)(C)C)C(O)C3O)C(O)C2O)C(O)C1O. The summed E-state index contributed by atoms with van der Waals surface area (Å²) >= 11 is 0. The highest BCUT2D eigenvalue weighted by Gasteiger charge is 2.54. The monoisotopic (exact) mass is 632 g/mol. The summed E-state index contributed by atoms with van der Waals surface area (Å²) in [4.78, 5) is 0. The zero-order valence-corrected chi connectivity index (χ0v) is 24.7. The predicted octanol–water partition coefficient (Wildman–Crippen LogP) is -3.29. The summed E-state index contributed by atoms with van der Waals surface area (Å²) in [6.07, 6.45) is -22.8. The van der Waals surface area contributed by atoms with E-state index in [2.05, 4.69) is 0 Å². The molecule has 0 saturated carbocycles. The van der Waals surface area contributed by atoms with Gasteiger partial charge in [-0.25, -0.2) is 0 Å². The molecule has 0 radical (unpaired) electrons. The second-order valence-corrected chi connectivity index (χ2v) is 12.7. The summed E-state index contributed by atoms with van der Waals surface area (Å²) in [5.74, 6) is 0. The van der Waals surface area contributed by atoms with E-state index >= 15 is 0 Å². The highest BCUT2D eigenvalue weighted by Crippen LogP contribution is 2.34. The largest absolute Gasteiger partial charge is 0.394 e. The fraction of sp³-hybridized carbons (Fsp3) is 1.00. The first kappa shape index (κ1) is 38.5. The van der Waals surface area contributed by atoms with Crippen LogP contribution in [0.3, 0.4) is 0 Å². The van der Waals surface area contributed by atoms with E-state index in [4.69, 9.17) is 33.2 Å². The Morgan fingerprint density at radius 1 is 0.465 bits per heavy atom. The quantitative estimate of drug-likeness (QED) is 0.121. The highest BCUT2D eigenvalue weighted by molar-refractivity contribution is 4.97. The second-order valence-electron chi connectivity index (χ2n) is 12.7. The number of rotatable bonds is 9. The van der Waals surface area contributed by atoms with Gasteiger partial charge in [0.25, 0.3) is 0 Å². The smallest absolute Gasteiger partial charge is 0.187 e. The normalized spacial score (nSPS) is 44.6. The first-order valence-corrected chi connectivity index (χ1v) is 14.0. The lowest BCUT2D eigenvalue weighted by atomic mass is 9.95. The van der Waals surface area contributed by atoms with Crippen LogP contribution >= 0.6 is 0 Å². The fourth-order valence-electron chi connectivity index (χ4n) is 5.03. The standard InChI is InChI=1S/C26H48O16.CH4/c1-25(2,3)41-21-12(9-29)37-23(17(34)15(21)32)39-19-10(7-27)36-22(16(33)13(19)30)40-20-11(8-28)38-24(18(35)14(20)31)42-26(4,5)6;/h10-24,27-35H,7-9H2,1-6H3;1H4. The lowest BCUT2D eigenvalue weighted by Crippen LogP contribution is -2.67. The number of ether oxygens (including phenoxy) is 7. The van der Waals surface area contributed by atoms with Gasteiger partial charge in [-0.2, -0.15) is 0 Å². The zero-order valence-electron chi connectivity index (χ0n) is 24.7. The molecule has 3 aliphatic rings. The van der Waals surface area contributed by atoms with Gasteiger partial charge < -0.3 is 79.1 Å². The molecule has 43 heavy (non-hydrogen) atoms. The third-order valence-corrected chi connectivity index (χ3v) is 7.00. The van der Waals surface area contributed by atoms with Crippen LogP contribution in [0.1, 0.15) is 49.0 Å². The van der Waals surface area contributed by atoms with Gasteiger partial charge in [-0.1, -0.05) is 7.43 Å². The van der Waals surface area contributed by atoms with Crippen LogP contribution in [-0.4, -0.2) is 169 Å². The van der Waals surface area contributed by atoms with Crippen molar-refractivity contribution in [2.24, 2.45) is 0 Å². The van der Waals surface area contributed by atoms with Crippen molar-refractivity contribution in [1.29, 1.82) is 0 Å². The van der Waals surface area contributed by atoms with Gasteiger partial charge in [0.1, 0.15) is 73.2 Å². The molecule has 15 unspecified atom stereocenters. The Bertz CT molecular complexity index is 829. The van der Waals surface area contributed by atoms with E-state index in [0.717, 1.165) is 0 Å². The lowest BCUT2D eigenvalue weighted by molar-refractivity contribution is -0.384. The van der Waals surface area contributed by atoms with E-state index < -0.39 is 123 Å². The van der Waals surface area contributed by atoms with Crippen molar-refractivity contribution in [3.05, 3.63) is 0 Å². The van der Waals surface area contributed by atoms with Crippen LogP contribution in [0, 0.1) is 0 Å².